The van der Waals surface area contributed by atoms with Crippen LogP contribution in [0.15, 0.2) is 54.6 Å². The summed E-state index contributed by atoms with van der Waals surface area (Å²) in [6.45, 7) is 1.92. The average molecular weight is 350 g/mol. The molecule has 2 atom stereocenters. The molecule has 0 unspecified atom stereocenters. The Morgan fingerprint density at radius 1 is 1.00 bits per heavy atom. The number of carbonyl (C=O) groups excluding carboxylic acids is 1. The van der Waals surface area contributed by atoms with Gasteiger partial charge < -0.3 is 10.2 Å². The lowest BCUT2D eigenvalue weighted by Crippen LogP contribution is -2.42. The molecule has 0 heterocycles. The van der Waals surface area contributed by atoms with Crippen LogP contribution in [0.4, 0.5) is 18.9 Å². The molecule has 0 aliphatic heterocycles. The SMILES string of the molecule is C[C@@H](c1ccccc1)[C@H](Nc1ccc(C(F)(F)F)cc1)C(=O)N(C)C. The minimum absolute atomic E-state index is 0.142. The molecule has 0 spiro atoms. The number of anilines is 1. The second kappa shape index (κ2) is 7.59. The number of carbonyl (C=O) groups is 1. The van der Waals surface area contributed by atoms with Crippen molar-refractivity contribution in [3.63, 3.8) is 0 Å². The van der Waals surface area contributed by atoms with E-state index in [0.717, 1.165) is 17.7 Å². The lowest BCUT2D eigenvalue weighted by atomic mass is 9.92. The van der Waals surface area contributed by atoms with E-state index < -0.39 is 17.8 Å². The molecule has 2 aromatic rings. The van der Waals surface area contributed by atoms with Crippen molar-refractivity contribution in [2.75, 3.05) is 19.4 Å². The quantitative estimate of drug-likeness (QED) is 0.868. The number of nitrogens with zero attached hydrogens (tertiary/aromatic N) is 1. The Labute approximate surface area is 145 Å². The predicted octanol–water partition coefficient (Wildman–Crippen LogP) is 4.38. The van der Waals surface area contributed by atoms with E-state index in [1.165, 1.54) is 17.0 Å². The van der Waals surface area contributed by atoms with Crippen molar-refractivity contribution < 1.29 is 18.0 Å². The summed E-state index contributed by atoms with van der Waals surface area (Å²) in [6, 6.07) is 13.6. The van der Waals surface area contributed by atoms with Gasteiger partial charge in [-0.3, -0.25) is 4.79 Å². The third-order valence-electron chi connectivity index (χ3n) is 4.07. The Bertz CT molecular complexity index is 697. The van der Waals surface area contributed by atoms with Gasteiger partial charge in [-0.1, -0.05) is 37.3 Å². The topological polar surface area (TPSA) is 32.3 Å². The fraction of sp³-hybridized carbons (Fsp3) is 0.316. The van der Waals surface area contributed by atoms with Gasteiger partial charge in [0.2, 0.25) is 5.91 Å². The normalized spacial score (nSPS) is 13.8. The summed E-state index contributed by atoms with van der Waals surface area (Å²) in [5, 5.41) is 3.08. The van der Waals surface area contributed by atoms with Crippen molar-refractivity contribution in [2.24, 2.45) is 0 Å². The highest BCUT2D eigenvalue weighted by Crippen LogP contribution is 2.30. The molecule has 0 aromatic heterocycles. The first kappa shape index (κ1) is 18.8. The smallest absolute Gasteiger partial charge is 0.373 e. The zero-order valence-electron chi connectivity index (χ0n) is 14.3. The highest BCUT2D eigenvalue weighted by atomic mass is 19.4. The molecule has 25 heavy (non-hydrogen) atoms. The van der Waals surface area contributed by atoms with Crippen molar-refractivity contribution in [2.45, 2.75) is 25.1 Å². The molecule has 3 nitrogen and oxygen atoms in total. The van der Waals surface area contributed by atoms with Crippen molar-refractivity contribution in [3.05, 3.63) is 65.7 Å². The van der Waals surface area contributed by atoms with Gasteiger partial charge in [-0.2, -0.15) is 13.2 Å². The lowest BCUT2D eigenvalue weighted by Gasteiger charge is -2.28. The summed E-state index contributed by atoms with van der Waals surface area (Å²) in [6.07, 6.45) is -4.38. The van der Waals surface area contributed by atoms with Crippen molar-refractivity contribution in [1.29, 1.82) is 0 Å². The number of halogens is 3. The van der Waals surface area contributed by atoms with Crippen LogP contribution >= 0.6 is 0 Å². The van der Waals surface area contributed by atoms with Gasteiger partial charge in [0.25, 0.3) is 0 Å². The molecule has 0 aliphatic carbocycles. The molecule has 0 fully saturated rings. The number of amides is 1. The minimum atomic E-state index is -4.38. The van der Waals surface area contributed by atoms with E-state index in [1.807, 2.05) is 37.3 Å². The molecule has 0 bridgehead atoms. The molecular weight excluding hydrogens is 329 g/mol. The largest absolute Gasteiger partial charge is 0.416 e. The standard InChI is InChI=1S/C19H21F3N2O/c1-13(14-7-5-4-6-8-14)17(18(25)24(2)3)23-16-11-9-15(10-12-16)19(20,21)22/h4-13,17,23H,1-3H3/t13-,17-/m0/s1. The number of hydrogen-bond acceptors (Lipinski definition) is 2. The molecule has 1 N–H and O–H groups in total. The van der Waals surface area contributed by atoms with Crippen molar-refractivity contribution in [3.8, 4) is 0 Å². The maximum Gasteiger partial charge on any atom is 0.416 e. The van der Waals surface area contributed by atoms with Crippen LogP contribution in [0, 0.1) is 0 Å². The van der Waals surface area contributed by atoms with Crippen LogP contribution in [0.1, 0.15) is 24.0 Å². The number of nitrogens with one attached hydrogen (secondary N) is 1. The molecule has 0 saturated carbocycles. The zero-order chi connectivity index (χ0) is 18.6. The minimum Gasteiger partial charge on any atom is -0.373 e. The summed E-state index contributed by atoms with van der Waals surface area (Å²) in [5.74, 6) is -0.297. The van der Waals surface area contributed by atoms with Gasteiger partial charge >= 0.3 is 6.18 Å². The molecule has 0 saturated heterocycles. The van der Waals surface area contributed by atoms with Gasteiger partial charge in [0.05, 0.1) is 5.56 Å². The highest BCUT2D eigenvalue weighted by Gasteiger charge is 2.31. The van der Waals surface area contributed by atoms with Crippen LogP contribution in [0.5, 0.6) is 0 Å². The van der Waals surface area contributed by atoms with Crippen LogP contribution < -0.4 is 5.32 Å². The van der Waals surface area contributed by atoms with Crippen LogP contribution in [0.2, 0.25) is 0 Å². The van der Waals surface area contributed by atoms with E-state index in [-0.39, 0.29) is 11.8 Å². The zero-order valence-corrected chi connectivity index (χ0v) is 14.3. The van der Waals surface area contributed by atoms with Gasteiger partial charge in [0.15, 0.2) is 0 Å². The molecule has 2 rings (SSSR count). The monoisotopic (exact) mass is 350 g/mol. The summed E-state index contributed by atoms with van der Waals surface area (Å²) in [5.41, 5.74) is 0.725. The first-order valence-electron chi connectivity index (χ1n) is 7.90. The van der Waals surface area contributed by atoms with Gasteiger partial charge in [-0.15, -0.1) is 0 Å². The van der Waals surface area contributed by atoms with E-state index in [9.17, 15) is 18.0 Å². The van der Waals surface area contributed by atoms with E-state index in [4.69, 9.17) is 0 Å². The summed E-state index contributed by atoms with van der Waals surface area (Å²) in [4.78, 5) is 14.0. The number of hydrogen-bond donors (Lipinski definition) is 1. The molecule has 2 aromatic carbocycles. The molecule has 134 valence electrons. The highest BCUT2D eigenvalue weighted by molar-refractivity contribution is 5.85. The summed E-state index contributed by atoms with van der Waals surface area (Å²) < 4.78 is 38.1. The molecule has 0 aliphatic rings. The van der Waals surface area contributed by atoms with Gasteiger partial charge in [-0.05, 0) is 29.8 Å². The summed E-state index contributed by atoms with van der Waals surface area (Å²) in [7, 11) is 3.31. The third-order valence-corrected chi connectivity index (χ3v) is 4.07. The molecule has 0 radical (unpaired) electrons. The Balaban J connectivity index is 2.26. The number of likely N-dealkylation sites (N-methyl/N-ethyl adjacent to an activating group) is 1. The molecule has 1 amide bonds. The van der Waals surface area contributed by atoms with Crippen molar-refractivity contribution in [1.82, 2.24) is 4.90 Å². The maximum absolute atomic E-state index is 12.7. The van der Waals surface area contributed by atoms with E-state index in [0.29, 0.717) is 5.69 Å². The lowest BCUT2D eigenvalue weighted by molar-refractivity contribution is -0.137. The first-order valence-corrected chi connectivity index (χ1v) is 7.90. The maximum atomic E-state index is 12.7. The van der Waals surface area contributed by atoms with Crippen LogP contribution in [-0.4, -0.2) is 30.9 Å². The van der Waals surface area contributed by atoms with Crippen LogP contribution in [-0.2, 0) is 11.0 Å². The fourth-order valence-electron chi connectivity index (χ4n) is 2.56. The fourth-order valence-corrected chi connectivity index (χ4v) is 2.56. The second-order valence-electron chi connectivity index (χ2n) is 6.13. The number of rotatable bonds is 5. The Kier molecular flexibility index (Phi) is 5.72. The second-order valence-corrected chi connectivity index (χ2v) is 6.13. The van der Waals surface area contributed by atoms with Gasteiger partial charge in [0, 0.05) is 25.7 Å². The van der Waals surface area contributed by atoms with Crippen molar-refractivity contribution >= 4 is 11.6 Å². The van der Waals surface area contributed by atoms with E-state index >= 15 is 0 Å². The van der Waals surface area contributed by atoms with E-state index in [1.54, 1.807) is 14.1 Å². The Hall–Kier alpha value is -2.50. The van der Waals surface area contributed by atoms with Crippen LogP contribution in [0.25, 0.3) is 0 Å². The number of benzene rings is 2. The van der Waals surface area contributed by atoms with Crippen LogP contribution in [0.3, 0.4) is 0 Å². The van der Waals surface area contributed by atoms with Gasteiger partial charge in [0.1, 0.15) is 6.04 Å². The Morgan fingerprint density at radius 2 is 1.56 bits per heavy atom. The molecule has 6 heteroatoms. The predicted molar refractivity (Wildman–Crippen MR) is 92.4 cm³/mol. The summed E-state index contributed by atoms with van der Waals surface area (Å²) >= 11 is 0. The van der Waals surface area contributed by atoms with E-state index in [2.05, 4.69) is 5.32 Å². The van der Waals surface area contributed by atoms with Gasteiger partial charge in [-0.25, -0.2) is 0 Å². The first-order chi connectivity index (χ1) is 11.7. The Morgan fingerprint density at radius 3 is 2.04 bits per heavy atom. The third kappa shape index (κ3) is 4.75. The average Bonchev–Trinajstić information content (AvgIpc) is 2.59. The molecular formula is C19H21F3N2O. The number of alkyl halides is 3.